The molecule has 0 bridgehead atoms. The summed E-state index contributed by atoms with van der Waals surface area (Å²) in [5.74, 6) is -0.467. The van der Waals surface area contributed by atoms with Crippen LogP contribution in [0.3, 0.4) is 0 Å². The van der Waals surface area contributed by atoms with Gasteiger partial charge in [0.2, 0.25) is 11.8 Å². The van der Waals surface area contributed by atoms with Gasteiger partial charge in [-0.1, -0.05) is 54.1 Å². The number of rotatable bonds is 7. The van der Waals surface area contributed by atoms with E-state index < -0.39 is 24.2 Å². The van der Waals surface area contributed by atoms with Gasteiger partial charge < -0.3 is 25.2 Å². The van der Waals surface area contributed by atoms with Crippen molar-refractivity contribution in [3.8, 4) is 5.75 Å². The Kier molecular flexibility index (Phi) is 7.14. The first kappa shape index (κ1) is 23.7. The molecular formula is C27H30N2O5. The maximum absolute atomic E-state index is 13.3. The Morgan fingerprint density at radius 3 is 2.50 bits per heavy atom. The Morgan fingerprint density at radius 1 is 1.09 bits per heavy atom. The van der Waals surface area contributed by atoms with Crippen LogP contribution in [0.5, 0.6) is 5.75 Å². The summed E-state index contributed by atoms with van der Waals surface area (Å²) in [6, 6.07) is 16.2. The molecule has 1 aliphatic heterocycles. The number of amides is 2. The highest BCUT2D eigenvalue weighted by molar-refractivity contribution is 5.96. The largest absolute Gasteiger partial charge is 0.486 e. The number of aliphatic hydroxyl groups is 2. The monoisotopic (exact) mass is 462 g/mol. The molecular weight excluding hydrogens is 432 g/mol. The van der Waals surface area contributed by atoms with Crippen LogP contribution in [0.2, 0.25) is 0 Å². The molecule has 2 aromatic rings. The molecule has 2 aromatic carbocycles. The lowest BCUT2D eigenvalue weighted by molar-refractivity contribution is -0.133. The highest BCUT2D eigenvalue weighted by atomic mass is 16.5. The summed E-state index contributed by atoms with van der Waals surface area (Å²) < 4.78 is 6.13. The van der Waals surface area contributed by atoms with Crippen molar-refractivity contribution >= 4 is 11.8 Å². The van der Waals surface area contributed by atoms with Crippen LogP contribution in [-0.2, 0) is 16.1 Å². The molecule has 4 atom stereocenters. The summed E-state index contributed by atoms with van der Waals surface area (Å²) in [6.07, 6.45) is 1.44. The van der Waals surface area contributed by atoms with E-state index in [1.54, 1.807) is 11.0 Å². The molecule has 34 heavy (non-hydrogen) atoms. The lowest BCUT2D eigenvalue weighted by Gasteiger charge is -2.40. The molecule has 0 radical (unpaired) electrons. The SMILES string of the molecule is CC(C)=CC(=O)N(Cc1ccccc1)[C@@H]1C=C(C(=O)NCCO)[C@@H]2c3ccccc3O[C@@H]2[C@H]1O. The Bertz CT molecular complexity index is 1110. The van der Waals surface area contributed by atoms with Crippen molar-refractivity contribution < 1.29 is 24.5 Å². The van der Waals surface area contributed by atoms with Gasteiger partial charge in [0.1, 0.15) is 18.0 Å². The van der Waals surface area contributed by atoms with E-state index in [9.17, 15) is 19.8 Å². The third-order valence-corrected chi connectivity index (χ3v) is 6.13. The highest BCUT2D eigenvalue weighted by Gasteiger charge is 2.50. The van der Waals surface area contributed by atoms with Gasteiger partial charge in [-0.05, 0) is 31.6 Å². The van der Waals surface area contributed by atoms with Crippen molar-refractivity contribution in [2.45, 2.75) is 44.6 Å². The van der Waals surface area contributed by atoms with Gasteiger partial charge in [-0.3, -0.25) is 9.59 Å². The average Bonchev–Trinajstić information content (AvgIpc) is 3.22. The minimum Gasteiger partial charge on any atom is -0.486 e. The summed E-state index contributed by atoms with van der Waals surface area (Å²) in [4.78, 5) is 28.0. The van der Waals surface area contributed by atoms with E-state index in [0.717, 1.165) is 16.7 Å². The van der Waals surface area contributed by atoms with Crippen molar-refractivity contribution in [1.82, 2.24) is 10.2 Å². The van der Waals surface area contributed by atoms with E-state index in [1.807, 2.05) is 68.4 Å². The van der Waals surface area contributed by atoms with Crippen LogP contribution in [-0.4, -0.2) is 58.3 Å². The number of hydrogen-bond donors (Lipinski definition) is 3. The Balaban J connectivity index is 1.78. The molecule has 1 aliphatic carbocycles. The van der Waals surface area contributed by atoms with Crippen molar-refractivity contribution in [2.24, 2.45) is 0 Å². The minimum absolute atomic E-state index is 0.105. The minimum atomic E-state index is -1.05. The molecule has 0 spiro atoms. The van der Waals surface area contributed by atoms with Gasteiger partial charge in [-0.25, -0.2) is 0 Å². The smallest absolute Gasteiger partial charge is 0.247 e. The van der Waals surface area contributed by atoms with E-state index in [-0.39, 0.29) is 31.5 Å². The topological polar surface area (TPSA) is 99.1 Å². The van der Waals surface area contributed by atoms with Gasteiger partial charge >= 0.3 is 0 Å². The molecule has 0 saturated carbocycles. The number of ether oxygens (including phenoxy) is 1. The number of carbonyl (C=O) groups excluding carboxylic acids is 2. The molecule has 4 rings (SSSR count). The lowest BCUT2D eigenvalue weighted by Crippen LogP contribution is -2.55. The number of para-hydroxylation sites is 1. The summed E-state index contributed by atoms with van der Waals surface area (Å²) in [7, 11) is 0. The summed E-state index contributed by atoms with van der Waals surface area (Å²) in [6.45, 7) is 3.86. The normalized spacial score (nSPS) is 22.5. The van der Waals surface area contributed by atoms with E-state index >= 15 is 0 Å². The number of aliphatic hydroxyl groups excluding tert-OH is 2. The summed E-state index contributed by atoms with van der Waals surface area (Å²) in [5.41, 5.74) is 2.98. The third kappa shape index (κ3) is 4.76. The molecule has 0 aromatic heterocycles. The van der Waals surface area contributed by atoms with E-state index in [1.165, 1.54) is 6.08 Å². The van der Waals surface area contributed by atoms with Crippen LogP contribution in [0.15, 0.2) is 77.9 Å². The van der Waals surface area contributed by atoms with Crippen molar-refractivity contribution in [2.75, 3.05) is 13.2 Å². The first-order valence-electron chi connectivity index (χ1n) is 11.4. The molecule has 7 nitrogen and oxygen atoms in total. The number of allylic oxidation sites excluding steroid dienone is 1. The Hall–Kier alpha value is -3.42. The maximum atomic E-state index is 13.3. The fraction of sp³-hybridized carbons (Fsp3) is 0.333. The van der Waals surface area contributed by atoms with Crippen LogP contribution in [0.25, 0.3) is 0 Å². The molecule has 178 valence electrons. The number of nitrogens with zero attached hydrogens (tertiary/aromatic N) is 1. The second-order valence-electron chi connectivity index (χ2n) is 8.85. The zero-order chi connectivity index (χ0) is 24.2. The summed E-state index contributed by atoms with van der Waals surface area (Å²) in [5, 5.41) is 23.4. The average molecular weight is 463 g/mol. The molecule has 2 aliphatic rings. The van der Waals surface area contributed by atoms with Gasteiger partial charge in [0.05, 0.1) is 18.6 Å². The highest BCUT2D eigenvalue weighted by Crippen LogP contribution is 2.47. The van der Waals surface area contributed by atoms with Crippen LogP contribution in [0.1, 0.15) is 30.9 Å². The molecule has 7 heteroatoms. The van der Waals surface area contributed by atoms with Gasteiger partial charge in [-0.15, -0.1) is 0 Å². The quantitative estimate of drug-likeness (QED) is 0.549. The fourth-order valence-electron chi connectivity index (χ4n) is 4.63. The predicted molar refractivity (Wildman–Crippen MR) is 128 cm³/mol. The van der Waals surface area contributed by atoms with Crippen LogP contribution < -0.4 is 10.1 Å². The van der Waals surface area contributed by atoms with E-state index in [0.29, 0.717) is 11.3 Å². The molecule has 2 amide bonds. The summed E-state index contributed by atoms with van der Waals surface area (Å²) >= 11 is 0. The number of carbonyl (C=O) groups is 2. The zero-order valence-electron chi connectivity index (χ0n) is 19.3. The molecule has 0 saturated heterocycles. The van der Waals surface area contributed by atoms with Gasteiger partial charge in [0.25, 0.3) is 0 Å². The van der Waals surface area contributed by atoms with E-state index in [4.69, 9.17) is 4.74 Å². The maximum Gasteiger partial charge on any atom is 0.247 e. The number of nitrogens with one attached hydrogen (secondary N) is 1. The van der Waals surface area contributed by atoms with Crippen molar-refractivity contribution in [3.63, 3.8) is 0 Å². The molecule has 0 unspecified atom stereocenters. The predicted octanol–water partition coefficient (Wildman–Crippen LogP) is 2.30. The first-order valence-corrected chi connectivity index (χ1v) is 11.4. The molecule has 1 heterocycles. The van der Waals surface area contributed by atoms with Crippen LogP contribution >= 0.6 is 0 Å². The van der Waals surface area contributed by atoms with Crippen molar-refractivity contribution in [1.29, 1.82) is 0 Å². The standard InChI is InChI=1S/C27H30N2O5/c1-17(2)14-23(31)29(16-18-8-4-3-5-9-18)21-15-20(27(33)28-12-13-30)24-19-10-6-7-11-22(19)34-26(24)25(21)32/h3-11,14-15,21,24-26,30,32H,12-13,16H2,1-2H3,(H,28,33)/t21-,24+,25+,26+/m1/s1. The van der Waals surface area contributed by atoms with Gasteiger partial charge in [-0.2, -0.15) is 0 Å². The second-order valence-corrected chi connectivity index (χ2v) is 8.85. The van der Waals surface area contributed by atoms with Gasteiger partial charge in [0, 0.05) is 30.3 Å². The van der Waals surface area contributed by atoms with E-state index in [2.05, 4.69) is 5.32 Å². The van der Waals surface area contributed by atoms with Crippen LogP contribution in [0.4, 0.5) is 0 Å². The van der Waals surface area contributed by atoms with Crippen LogP contribution in [0, 0.1) is 0 Å². The molecule has 3 N–H and O–H groups in total. The lowest BCUT2D eigenvalue weighted by atomic mass is 9.77. The fourth-order valence-corrected chi connectivity index (χ4v) is 4.63. The third-order valence-electron chi connectivity index (χ3n) is 6.13. The van der Waals surface area contributed by atoms with Gasteiger partial charge in [0.15, 0.2) is 0 Å². The number of hydrogen-bond acceptors (Lipinski definition) is 5. The Labute approximate surface area is 199 Å². The number of fused-ring (bicyclic) bond motifs is 3. The number of benzene rings is 2. The second kappa shape index (κ2) is 10.2. The Morgan fingerprint density at radius 2 is 1.79 bits per heavy atom. The zero-order valence-corrected chi connectivity index (χ0v) is 19.3. The van der Waals surface area contributed by atoms with Crippen molar-refractivity contribution in [3.05, 3.63) is 89.0 Å². The first-order chi connectivity index (χ1) is 16.4. The molecule has 0 fully saturated rings.